The summed E-state index contributed by atoms with van der Waals surface area (Å²) < 4.78 is 0. The quantitative estimate of drug-likeness (QED) is 0.712. The molecule has 1 aliphatic rings. The van der Waals surface area contributed by atoms with Crippen LogP contribution in [0.3, 0.4) is 0 Å². The molecule has 1 saturated heterocycles. The Balaban J connectivity index is 0.00000169. The molecule has 2 aromatic carbocycles. The van der Waals surface area contributed by atoms with Crippen LogP contribution in [-0.4, -0.2) is 23.1 Å². The van der Waals surface area contributed by atoms with Crippen LogP contribution in [0.2, 0.25) is 0 Å². The minimum atomic E-state index is 0. The molecule has 4 heteroatoms. The van der Waals surface area contributed by atoms with Gasteiger partial charge in [-0.15, -0.1) is 0 Å². The predicted molar refractivity (Wildman–Crippen MR) is 95.7 cm³/mol. The van der Waals surface area contributed by atoms with Gasteiger partial charge < -0.3 is 17.3 Å². The third-order valence-corrected chi connectivity index (χ3v) is 4.52. The van der Waals surface area contributed by atoms with Crippen molar-refractivity contribution in [2.45, 2.75) is 25.7 Å². The molecule has 1 aliphatic heterocycles. The van der Waals surface area contributed by atoms with Gasteiger partial charge in [0.15, 0.2) is 5.82 Å². The van der Waals surface area contributed by atoms with Crippen LogP contribution in [0.4, 0.5) is 5.82 Å². The van der Waals surface area contributed by atoms with E-state index in [9.17, 15) is 0 Å². The molecule has 3 nitrogen and oxygen atoms in total. The lowest BCUT2D eigenvalue weighted by atomic mass is 10.1. The first-order valence-electron chi connectivity index (χ1n) is 8.49. The first-order valence-corrected chi connectivity index (χ1v) is 8.49. The van der Waals surface area contributed by atoms with Gasteiger partial charge in [0.05, 0.1) is 5.52 Å². The summed E-state index contributed by atoms with van der Waals surface area (Å²) in [6, 6.07) is 18.6. The van der Waals surface area contributed by atoms with Crippen LogP contribution in [0.15, 0.2) is 54.6 Å². The molecule has 0 radical (unpaired) electrons. The Morgan fingerprint density at radius 3 is 2.12 bits per heavy atom. The smallest absolute Gasteiger partial charge is 0.162 e. The van der Waals surface area contributed by atoms with Crippen LogP contribution in [-0.2, 0) is 0 Å². The number of aromatic nitrogens is 2. The summed E-state index contributed by atoms with van der Waals surface area (Å²) in [4.78, 5) is 12.2. The Kier molecular flexibility index (Phi) is 5.31. The fraction of sp³-hybridized carbons (Fsp3) is 0.300. The zero-order chi connectivity index (χ0) is 15.5. The van der Waals surface area contributed by atoms with E-state index in [1.165, 1.54) is 25.7 Å². The Hall–Kier alpha value is -2.13. The van der Waals surface area contributed by atoms with Gasteiger partial charge in [0.2, 0.25) is 0 Å². The number of halogens is 1. The summed E-state index contributed by atoms with van der Waals surface area (Å²) in [6.45, 7) is 2.18. The Bertz CT molecular complexity index is 796. The summed E-state index contributed by atoms with van der Waals surface area (Å²) in [5, 5.41) is 1.16. The van der Waals surface area contributed by atoms with E-state index in [-0.39, 0.29) is 12.4 Å². The minimum Gasteiger partial charge on any atom is -1.00 e. The van der Waals surface area contributed by atoms with E-state index in [0.717, 1.165) is 41.2 Å². The fourth-order valence-corrected chi connectivity index (χ4v) is 3.30. The van der Waals surface area contributed by atoms with Crippen molar-refractivity contribution in [2.24, 2.45) is 0 Å². The lowest BCUT2D eigenvalue weighted by Crippen LogP contribution is -3.00. The van der Waals surface area contributed by atoms with Gasteiger partial charge in [-0.3, -0.25) is 0 Å². The van der Waals surface area contributed by atoms with E-state index in [1.54, 1.807) is 0 Å². The van der Waals surface area contributed by atoms with E-state index in [0.29, 0.717) is 0 Å². The highest BCUT2D eigenvalue weighted by Gasteiger charge is 2.16. The second-order valence-electron chi connectivity index (χ2n) is 6.16. The van der Waals surface area contributed by atoms with Gasteiger partial charge in [0.1, 0.15) is 5.82 Å². The lowest BCUT2D eigenvalue weighted by molar-refractivity contribution is -0.00000468. The standard InChI is InChI=1S/C20H21N3.ClH/c1-2-9-15-23(14-8-1)20-17-12-6-7-13-18(17)21-19(22-20)16-10-4-3-5-11-16;/h3-7,10-13H,1-2,8-9,14-15H2;1H/p-1. The molecule has 1 fully saturated rings. The van der Waals surface area contributed by atoms with Crippen LogP contribution in [0.5, 0.6) is 0 Å². The van der Waals surface area contributed by atoms with Gasteiger partial charge in [-0.25, -0.2) is 9.97 Å². The van der Waals surface area contributed by atoms with Crippen molar-refractivity contribution in [2.75, 3.05) is 18.0 Å². The van der Waals surface area contributed by atoms with Crippen LogP contribution in [0, 0.1) is 0 Å². The number of hydrogen-bond acceptors (Lipinski definition) is 3. The average molecular weight is 339 g/mol. The maximum Gasteiger partial charge on any atom is 0.162 e. The van der Waals surface area contributed by atoms with Crippen molar-refractivity contribution >= 4 is 16.7 Å². The Morgan fingerprint density at radius 2 is 1.38 bits per heavy atom. The van der Waals surface area contributed by atoms with Gasteiger partial charge in [-0.05, 0) is 25.0 Å². The van der Waals surface area contributed by atoms with Crippen LogP contribution < -0.4 is 17.3 Å². The van der Waals surface area contributed by atoms with E-state index in [1.807, 2.05) is 18.2 Å². The van der Waals surface area contributed by atoms with Gasteiger partial charge in [0, 0.05) is 24.0 Å². The highest BCUT2D eigenvalue weighted by Crippen LogP contribution is 2.29. The molecule has 1 aromatic heterocycles. The van der Waals surface area contributed by atoms with Crippen molar-refractivity contribution in [1.82, 2.24) is 9.97 Å². The topological polar surface area (TPSA) is 29.0 Å². The maximum atomic E-state index is 4.95. The number of anilines is 1. The lowest BCUT2D eigenvalue weighted by Gasteiger charge is -2.23. The second kappa shape index (κ2) is 7.63. The third kappa shape index (κ3) is 3.36. The van der Waals surface area contributed by atoms with Crippen LogP contribution in [0.25, 0.3) is 22.3 Å². The molecule has 0 aliphatic carbocycles. The number of nitrogens with zero attached hydrogens (tertiary/aromatic N) is 3. The van der Waals surface area contributed by atoms with Crippen molar-refractivity contribution in [3.8, 4) is 11.4 Å². The summed E-state index contributed by atoms with van der Waals surface area (Å²) in [5.41, 5.74) is 2.11. The molecule has 0 atom stereocenters. The Labute approximate surface area is 149 Å². The second-order valence-corrected chi connectivity index (χ2v) is 6.16. The number of para-hydroxylation sites is 1. The van der Waals surface area contributed by atoms with E-state index in [4.69, 9.17) is 9.97 Å². The van der Waals surface area contributed by atoms with Crippen molar-refractivity contribution in [1.29, 1.82) is 0 Å². The zero-order valence-corrected chi connectivity index (χ0v) is 14.4. The van der Waals surface area contributed by atoms with Gasteiger partial charge >= 0.3 is 0 Å². The summed E-state index contributed by atoms with van der Waals surface area (Å²) >= 11 is 0. The molecular formula is C20H21ClN3-. The molecule has 0 amide bonds. The normalized spacial score (nSPS) is 14.9. The molecular weight excluding hydrogens is 318 g/mol. The zero-order valence-electron chi connectivity index (χ0n) is 13.7. The molecule has 3 aromatic rings. The average Bonchev–Trinajstić information content (AvgIpc) is 2.91. The van der Waals surface area contributed by atoms with Crippen molar-refractivity contribution in [3.63, 3.8) is 0 Å². The molecule has 0 unspecified atom stereocenters. The van der Waals surface area contributed by atoms with E-state index >= 15 is 0 Å². The molecule has 0 N–H and O–H groups in total. The fourth-order valence-electron chi connectivity index (χ4n) is 3.30. The molecule has 0 saturated carbocycles. The SMILES string of the molecule is [Cl-].c1ccc(-c2nc(N3CCCCCC3)c3ccccc3n2)cc1. The first-order chi connectivity index (χ1) is 11.4. The van der Waals surface area contributed by atoms with Crippen LogP contribution >= 0.6 is 0 Å². The molecule has 0 spiro atoms. The highest BCUT2D eigenvalue weighted by atomic mass is 35.5. The van der Waals surface area contributed by atoms with Crippen molar-refractivity contribution < 1.29 is 12.4 Å². The first kappa shape index (κ1) is 16.7. The Morgan fingerprint density at radius 1 is 0.708 bits per heavy atom. The van der Waals surface area contributed by atoms with E-state index < -0.39 is 0 Å². The summed E-state index contributed by atoms with van der Waals surface area (Å²) in [7, 11) is 0. The molecule has 0 bridgehead atoms. The van der Waals surface area contributed by atoms with Crippen molar-refractivity contribution in [3.05, 3.63) is 54.6 Å². The molecule has 2 heterocycles. The predicted octanol–water partition coefficient (Wildman–Crippen LogP) is 1.68. The number of rotatable bonds is 2. The van der Waals surface area contributed by atoms with Gasteiger partial charge in [0.25, 0.3) is 0 Å². The highest BCUT2D eigenvalue weighted by molar-refractivity contribution is 5.91. The number of hydrogen-bond donors (Lipinski definition) is 0. The van der Waals surface area contributed by atoms with Gasteiger partial charge in [-0.1, -0.05) is 55.3 Å². The largest absolute Gasteiger partial charge is 1.00 e. The summed E-state index contributed by atoms with van der Waals surface area (Å²) in [5.74, 6) is 1.92. The molecule has 24 heavy (non-hydrogen) atoms. The number of benzene rings is 2. The maximum absolute atomic E-state index is 4.95. The van der Waals surface area contributed by atoms with Crippen LogP contribution in [0.1, 0.15) is 25.7 Å². The summed E-state index contributed by atoms with van der Waals surface area (Å²) in [6.07, 6.45) is 5.15. The van der Waals surface area contributed by atoms with E-state index in [2.05, 4.69) is 41.3 Å². The molecule has 124 valence electrons. The third-order valence-electron chi connectivity index (χ3n) is 4.52. The molecule has 4 rings (SSSR count). The van der Waals surface area contributed by atoms with Gasteiger partial charge in [-0.2, -0.15) is 0 Å². The minimum absolute atomic E-state index is 0. The monoisotopic (exact) mass is 338 g/mol. The number of fused-ring (bicyclic) bond motifs is 1.